The predicted molar refractivity (Wildman–Crippen MR) is 71.0 cm³/mol. The third-order valence-corrected chi connectivity index (χ3v) is 3.01. The molecule has 6 heteroatoms. The Kier molecular flexibility index (Phi) is 5.56. The number of rotatable bonds is 5. The molecule has 1 rings (SSSR count). The highest BCUT2D eigenvalue weighted by Gasteiger charge is 2.30. The third-order valence-electron chi connectivity index (χ3n) is 3.01. The van der Waals surface area contributed by atoms with E-state index in [4.69, 9.17) is 5.73 Å². The number of carbonyl (C=O) groups excluding carboxylic acids is 1. The van der Waals surface area contributed by atoms with Crippen LogP contribution in [0.5, 0.6) is 0 Å². The summed E-state index contributed by atoms with van der Waals surface area (Å²) in [4.78, 5) is 11.8. The highest BCUT2D eigenvalue weighted by Crippen LogP contribution is 2.29. The molecule has 0 saturated carbocycles. The SMILES string of the molecule is CC(Cc1ccc(C(F)(F)F)cc1)C(=O)N[C@@H](C)CN. The van der Waals surface area contributed by atoms with Crippen molar-refractivity contribution in [1.82, 2.24) is 5.32 Å². The maximum Gasteiger partial charge on any atom is 0.416 e. The van der Waals surface area contributed by atoms with Crippen LogP contribution in [0.3, 0.4) is 0 Å². The summed E-state index contributed by atoms with van der Waals surface area (Å²) in [6.07, 6.45) is -3.95. The first kappa shape index (κ1) is 16.5. The zero-order chi connectivity index (χ0) is 15.3. The molecule has 112 valence electrons. The van der Waals surface area contributed by atoms with Gasteiger partial charge < -0.3 is 11.1 Å². The fraction of sp³-hybridized carbons (Fsp3) is 0.500. The van der Waals surface area contributed by atoms with Crippen LogP contribution in [0.25, 0.3) is 0 Å². The highest BCUT2D eigenvalue weighted by molar-refractivity contribution is 5.78. The molecule has 0 fully saturated rings. The number of benzene rings is 1. The van der Waals surface area contributed by atoms with Crippen molar-refractivity contribution in [2.24, 2.45) is 11.7 Å². The molecule has 1 aromatic carbocycles. The minimum Gasteiger partial charge on any atom is -0.352 e. The van der Waals surface area contributed by atoms with Crippen LogP contribution in [0.2, 0.25) is 0 Å². The minimum atomic E-state index is -4.34. The first-order chi connectivity index (χ1) is 9.24. The molecule has 3 N–H and O–H groups in total. The number of alkyl halides is 3. The Hall–Kier alpha value is -1.56. The molecule has 3 nitrogen and oxygen atoms in total. The summed E-state index contributed by atoms with van der Waals surface area (Å²) in [7, 11) is 0. The van der Waals surface area contributed by atoms with Gasteiger partial charge >= 0.3 is 6.18 Å². The molecule has 2 atom stereocenters. The van der Waals surface area contributed by atoms with Crippen molar-refractivity contribution in [3.8, 4) is 0 Å². The van der Waals surface area contributed by atoms with Gasteiger partial charge in [0, 0.05) is 18.5 Å². The molecule has 0 heterocycles. The fourth-order valence-electron chi connectivity index (χ4n) is 1.72. The summed E-state index contributed by atoms with van der Waals surface area (Å²) in [5.74, 6) is -0.469. The van der Waals surface area contributed by atoms with Crippen molar-refractivity contribution < 1.29 is 18.0 Å². The Morgan fingerprint density at radius 2 is 1.80 bits per heavy atom. The summed E-state index contributed by atoms with van der Waals surface area (Å²) in [5, 5.41) is 2.74. The van der Waals surface area contributed by atoms with Crippen LogP contribution in [-0.2, 0) is 17.4 Å². The van der Waals surface area contributed by atoms with Crippen LogP contribution in [0.1, 0.15) is 25.0 Å². The quantitative estimate of drug-likeness (QED) is 0.874. The van der Waals surface area contributed by atoms with Crippen LogP contribution in [0.4, 0.5) is 13.2 Å². The summed E-state index contributed by atoms with van der Waals surface area (Å²) >= 11 is 0. The van der Waals surface area contributed by atoms with Gasteiger partial charge in [-0.2, -0.15) is 13.2 Å². The first-order valence-corrected chi connectivity index (χ1v) is 6.40. The second-order valence-electron chi connectivity index (χ2n) is 4.95. The zero-order valence-electron chi connectivity index (χ0n) is 11.5. The summed E-state index contributed by atoms with van der Waals surface area (Å²) in [6.45, 7) is 3.87. The lowest BCUT2D eigenvalue weighted by Crippen LogP contribution is -2.41. The zero-order valence-corrected chi connectivity index (χ0v) is 11.5. The van der Waals surface area contributed by atoms with Gasteiger partial charge in [-0.05, 0) is 31.0 Å². The second-order valence-corrected chi connectivity index (χ2v) is 4.95. The van der Waals surface area contributed by atoms with E-state index in [-0.39, 0.29) is 17.9 Å². The maximum absolute atomic E-state index is 12.4. The summed E-state index contributed by atoms with van der Waals surface area (Å²) in [5.41, 5.74) is 5.42. The van der Waals surface area contributed by atoms with Crippen molar-refractivity contribution in [3.63, 3.8) is 0 Å². The molecule has 0 aliphatic rings. The molecule has 20 heavy (non-hydrogen) atoms. The molecule has 1 aromatic rings. The summed E-state index contributed by atoms with van der Waals surface area (Å²) < 4.78 is 37.3. The van der Waals surface area contributed by atoms with E-state index in [1.54, 1.807) is 13.8 Å². The number of amides is 1. The van der Waals surface area contributed by atoms with Gasteiger partial charge in [-0.15, -0.1) is 0 Å². The van der Waals surface area contributed by atoms with Crippen molar-refractivity contribution >= 4 is 5.91 Å². The van der Waals surface area contributed by atoms with Gasteiger partial charge in [0.1, 0.15) is 0 Å². The summed E-state index contributed by atoms with van der Waals surface area (Å²) in [6, 6.07) is 4.75. The average molecular weight is 288 g/mol. The minimum absolute atomic E-state index is 0.113. The lowest BCUT2D eigenvalue weighted by Gasteiger charge is -2.16. The topological polar surface area (TPSA) is 55.1 Å². The number of nitrogens with one attached hydrogen (secondary N) is 1. The molecule has 0 radical (unpaired) electrons. The highest BCUT2D eigenvalue weighted by atomic mass is 19.4. The molecule has 0 aromatic heterocycles. The normalized spacial score (nSPS) is 14.7. The van der Waals surface area contributed by atoms with Gasteiger partial charge in [-0.3, -0.25) is 4.79 Å². The van der Waals surface area contributed by atoms with Crippen molar-refractivity contribution in [2.75, 3.05) is 6.54 Å². The van der Waals surface area contributed by atoms with Gasteiger partial charge in [-0.1, -0.05) is 19.1 Å². The van der Waals surface area contributed by atoms with E-state index in [0.717, 1.165) is 12.1 Å². The molecule has 0 spiro atoms. The Labute approximate surface area is 116 Å². The molecule has 0 aliphatic heterocycles. The third kappa shape index (κ3) is 4.85. The second kappa shape index (κ2) is 6.74. The predicted octanol–water partition coefficient (Wildman–Crippen LogP) is 2.35. The van der Waals surface area contributed by atoms with Crippen LogP contribution in [0, 0.1) is 5.92 Å². The molecule has 0 saturated heterocycles. The number of hydrogen-bond donors (Lipinski definition) is 2. The van der Waals surface area contributed by atoms with Crippen molar-refractivity contribution in [3.05, 3.63) is 35.4 Å². The monoisotopic (exact) mass is 288 g/mol. The Morgan fingerprint density at radius 1 is 1.25 bits per heavy atom. The number of nitrogens with two attached hydrogens (primary N) is 1. The van der Waals surface area contributed by atoms with Gasteiger partial charge in [0.25, 0.3) is 0 Å². The largest absolute Gasteiger partial charge is 0.416 e. The fourth-order valence-corrected chi connectivity index (χ4v) is 1.72. The average Bonchev–Trinajstić information content (AvgIpc) is 2.38. The Bertz CT molecular complexity index is 443. The number of halogens is 3. The molecule has 1 unspecified atom stereocenters. The van der Waals surface area contributed by atoms with Crippen LogP contribution in [-0.4, -0.2) is 18.5 Å². The maximum atomic E-state index is 12.4. The Morgan fingerprint density at radius 3 is 2.25 bits per heavy atom. The molecule has 0 aliphatic carbocycles. The van der Waals surface area contributed by atoms with Crippen LogP contribution >= 0.6 is 0 Å². The Balaban J connectivity index is 2.62. The van der Waals surface area contributed by atoms with Gasteiger partial charge in [0.2, 0.25) is 5.91 Å². The van der Waals surface area contributed by atoms with E-state index in [9.17, 15) is 18.0 Å². The molecular formula is C14H19F3N2O. The van der Waals surface area contributed by atoms with Gasteiger partial charge in [-0.25, -0.2) is 0 Å². The van der Waals surface area contributed by atoms with Gasteiger partial charge in [0.15, 0.2) is 0 Å². The standard InChI is InChI=1S/C14H19F3N2O/c1-9(13(20)19-10(2)8-18)7-11-3-5-12(6-4-11)14(15,16)17/h3-6,9-10H,7-8,18H2,1-2H3,(H,19,20)/t9?,10-/m0/s1. The number of carbonyl (C=O) groups is 1. The smallest absolute Gasteiger partial charge is 0.352 e. The van der Waals surface area contributed by atoms with E-state index in [1.165, 1.54) is 12.1 Å². The van der Waals surface area contributed by atoms with E-state index >= 15 is 0 Å². The van der Waals surface area contributed by atoms with Crippen molar-refractivity contribution in [2.45, 2.75) is 32.5 Å². The molecular weight excluding hydrogens is 269 g/mol. The lowest BCUT2D eigenvalue weighted by atomic mass is 9.99. The van der Waals surface area contributed by atoms with E-state index in [1.807, 2.05) is 0 Å². The van der Waals surface area contributed by atoms with E-state index in [0.29, 0.717) is 18.5 Å². The molecule has 1 amide bonds. The van der Waals surface area contributed by atoms with Gasteiger partial charge in [0.05, 0.1) is 5.56 Å². The number of hydrogen-bond acceptors (Lipinski definition) is 2. The lowest BCUT2D eigenvalue weighted by molar-refractivity contribution is -0.137. The van der Waals surface area contributed by atoms with E-state index < -0.39 is 11.7 Å². The first-order valence-electron chi connectivity index (χ1n) is 6.40. The van der Waals surface area contributed by atoms with Crippen molar-refractivity contribution in [1.29, 1.82) is 0 Å². The van der Waals surface area contributed by atoms with E-state index in [2.05, 4.69) is 5.32 Å². The van der Waals surface area contributed by atoms with Crippen LogP contribution < -0.4 is 11.1 Å². The molecule has 0 bridgehead atoms. The van der Waals surface area contributed by atoms with Crippen LogP contribution in [0.15, 0.2) is 24.3 Å².